The Bertz CT molecular complexity index is 663. The van der Waals surface area contributed by atoms with E-state index in [-0.39, 0.29) is 5.91 Å². The van der Waals surface area contributed by atoms with Crippen LogP contribution in [0.25, 0.3) is 0 Å². The van der Waals surface area contributed by atoms with Crippen molar-refractivity contribution in [3.63, 3.8) is 0 Å². The average molecular weight is 314 g/mol. The van der Waals surface area contributed by atoms with Gasteiger partial charge in [0.2, 0.25) is 0 Å². The second kappa shape index (κ2) is 7.77. The van der Waals surface area contributed by atoms with E-state index in [4.69, 9.17) is 5.26 Å². The Morgan fingerprint density at radius 3 is 2.57 bits per heavy atom. The molecule has 0 spiro atoms. The molecule has 21 heavy (non-hydrogen) atoms. The maximum Gasteiger partial charge on any atom is 0.256 e. The predicted octanol–water partition coefficient (Wildman–Crippen LogP) is 4.28. The van der Waals surface area contributed by atoms with Crippen LogP contribution in [0.5, 0.6) is 0 Å². The molecule has 1 N–H and O–H groups in total. The van der Waals surface area contributed by atoms with Crippen molar-refractivity contribution in [3.05, 3.63) is 54.1 Å². The first-order chi connectivity index (χ1) is 10.2. The van der Waals surface area contributed by atoms with E-state index in [0.29, 0.717) is 11.3 Å². The van der Waals surface area contributed by atoms with Gasteiger partial charge < -0.3 is 5.32 Å². The summed E-state index contributed by atoms with van der Waals surface area (Å²) in [4.78, 5) is 14.3. The summed E-state index contributed by atoms with van der Waals surface area (Å²) in [5.41, 5.74) is 1.35. The minimum Gasteiger partial charge on any atom is -0.322 e. The van der Waals surface area contributed by atoms with Crippen LogP contribution in [0.3, 0.4) is 0 Å². The number of nitrogens with zero attached hydrogens (tertiary/aromatic N) is 1. The van der Waals surface area contributed by atoms with E-state index in [1.54, 1.807) is 17.8 Å². The first-order valence-electron chi connectivity index (χ1n) is 6.29. The highest BCUT2D eigenvalue weighted by molar-refractivity contribution is 7.99. The molecule has 0 aromatic heterocycles. The summed E-state index contributed by atoms with van der Waals surface area (Å²) in [6.45, 7) is 0. The molecular weight excluding hydrogens is 300 g/mol. The van der Waals surface area contributed by atoms with E-state index in [1.165, 1.54) is 11.8 Å². The van der Waals surface area contributed by atoms with Crippen molar-refractivity contribution in [2.45, 2.75) is 9.79 Å². The number of carbonyl (C=O) groups is 1. The van der Waals surface area contributed by atoms with Gasteiger partial charge in [0.15, 0.2) is 0 Å². The van der Waals surface area contributed by atoms with Crippen molar-refractivity contribution in [2.24, 2.45) is 0 Å². The molecule has 5 heteroatoms. The number of hydrogen-bond acceptors (Lipinski definition) is 4. The van der Waals surface area contributed by atoms with Crippen molar-refractivity contribution in [1.82, 2.24) is 0 Å². The van der Waals surface area contributed by atoms with Gasteiger partial charge in [-0.15, -0.1) is 23.5 Å². The number of rotatable bonds is 5. The lowest BCUT2D eigenvalue weighted by Crippen LogP contribution is -2.12. The van der Waals surface area contributed by atoms with Crippen molar-refractivity contribution in [1.29, 1.82) is 5.26 Å². The number of thioether (sulfide) groups is 2. The standard InChI is InChI=1S/C16H14N2OS2/c1-20-13-8-6-12(7-9-13)18-16(19)14-4-2-3-5-15(14)21-11-10-17/h2-9H,11H2,1H3,(H,18,19). The third-order valence-electron chi connectivity index (χ3n) is 2.77. The lowest BCUT2D eigenvalue weighted by molar-refractivity contribution is 0.102. The molecule has 2 rings (SSSR count). The molecule has 0 aliphatic carbocycles. The van der Waals surface area contributed by atoms with Gasteiger partial charge in [-0.2, -0.15) is 5.26 Å². The first-order valence-corrected chi connectivity index (χ1v) is 8.50. The van der Waals surface area contributed by atoms with Crippen molar-refractivity contribution >= 4 is 35.1 Å². The van der Waals surface area contributed by atoms with Crippen molar-refractivity contribution < 1.29 is 4.79 Å². The van der Waals surface area contributed by atoms with Crippen LogP contribution in [0.2, 0.25) is 0 Å². The Labute approximate surface area is 132 Å². The summed E-state index contributed by atoms with van der Waals surface area (Å²) in [6, 6.07) is 17.1. The number of nitriles is 1. The maximum atomic E-state index is 12.3. The van der Waals surface area contributed by atoms with Crippen LogP contribution in [0.1, 0.15) is 10.4 Å². The third kappa shape index (κ3) is 4.28. The van der Waals surface area contributed by atoms with Crippen LogP contribution in [0.4, 0.5) is 5.69 Å². The summed E-state index contributed by atoms with van der Waals surface area (Å²) in [7, 11) is 0. The molecule has 0 fully saturated rings. The van der Waals surface area contributed by atoms with Crippen molar-refractivity contribution in [2.75, 3.05) is 17.3 Å². The van der Waals surface area contributed by atoms with E-state index in [2.05, 4.69) is 11.4 Å². The highest BCUT2D eigenvalue weighted by atomic mass is 32.2. The van der Waals surface area contributed by atoms with E-state index in [9.17, 15) is 4.79 Å². The molecule has 1 amide bonds. The molecule has 0 aliphatic rings. The monoisotopic (exact) mass is 314 g/mol. The van der Waals surface area contributed by atoms with E-state index >= 15 is 0 Å². The van der Waals surface area contributed by atoms with Crippen LogP contribution >= 0.6 is 23.5 Å². The Kier molecular flexibility index (Phi) is 5.73. The minimum absolute atomic E-state index is 0.159. The molecule has 0 heterocycles. The lowest BCUT2D eigenvalue weighted by atomic mass is 10.2. The highest BCUT2D eigenvalue weighted by Crippen LogP contribution is 2.24. The van der Waals surface area contributed by atoms with Crippen LogP contribution in [0.15, 0.2) is 58.3 Å². The normalized spacial score (nSPS) is 9.90. The number of anilines is 1. The second-order valence-electron chi connectivity index (χ2n) is 4.13. The molecular formula is C16H14N2OS2. The Hall–Kier alpha value is -1.90. The second-order valence-corrected chi connectivity index (χ2v) is 6.02. The summed E-state index contributed by atoms with van der Waals surface area (Å²) >= 11 is 3.02. The Morgan fingerprint density at radius 1 is 1.19 bits per heavy atom. The van der Waals surface area contributed by atoms with E-state index in [0.717, 1.165) is 15.5 Å². The molecule has 2 aromatic rings. The highest BCUT2D eigenvalue weighted by Gasteiger charge is 2.11. The van der Waals surface area contributed by atoms with Crippen LogP contribution < -0.4 is 5.32 Å². The van der Waals surface area contributed by atoms with E-state index in [1.807, 2.05) is 48.7 Å². The van der Waals surface area contributed by atoms with Gasteiger partial charge in [-0.05, 0) is 42.7 Å². The number of amides is 1. The first kappa shape index (κ1) is 15.5. The fourth-order valence-corrected chi connectivity index (χ4v) is 2.88. The fourth-order valence-electron chi connectivity index (χ4n) is 1.76. The molecule has 0 atom stereocenters. The molecule has 106 valence electrons. The maximum absolute atomic E-state index is 12.3. The predicted molar refractivity (Wildman–Crippen MR) is 89.0 cm³/mol. The van der Waals surface area contributed by atoms with Crippen LogP contribution in [-0.2, 0) is 0 Å². The third-order valence-corrected chi connectivity index (χ3v) is 4.46. The number of carbonyl (C=O) groups excluding carboxylic acids is 1. The zero-order valence-corrected chi connectivity index (χ0v) is 13.1. The molecule has 0 radical (unpaired) electrons. The molecule has 0 bridgehead atoms. The van der Waals surface area contributed by atoms with Gasteiger partial charge in [0.25, 0.3) is 5.91 Å². The molecule has 0 aliphatic heterocycles. The zero-order valence-electron chi connectivity index (χ0n) is 11.5. The number of benzene rings is 2. The largest absolute Gasteiger partial charge is 0.322 e. The lowest BCUT2D eigenvalue weighted by Gasteiger charge is -2.09. The summed E-state index contributed by atoms with van der Waals surface area (Å²) in [5.74, 6) is 0.167. The zero-order chi connectivity index (χ0) is 15.1. The molecule has 0 saturated carbocycles. The van der Waals surface area contributed by atoms with Gasteiger partial charge in [0.1, 0.15) is 0 Å². The number of hydrogen-bond donors (Lipinski definition) is 1. The Balaban J connectivity index is 2.14. The van der Waals surface area contributed by atoms with Gasteiger partial charge in [0.05, 0.1) is 17.4 Å². The van der Waals surface area contributed by atoms with Gasteiger partial charge >= 0.3 is 0 Å². The minimum atomic E-state index is -0.159. The van der Waals surface area contributed by atoms with Gasteiger partial charge in [-0.1, -0.05) is 12.1 Å². The topological polar surface area (TPSA) is 52.9 Å². The number of nitrogens with one attached hydrogen (secondary N) is 1. The molecule has 3 nitrogen and oxygen atoms in total. The summed E-state index contributed by atoms with van der Waals surface area (Å²) in [5, 5.41) is 11.6. The SMILES string of the molecule is CSc1ccc(NC(=O)c2ccccc2SCC#N)cc1. The Morgan fingerprint density at radius 2 is 1.90 bits per heavy atom. The quantitative estimate of drug-likeness (QED) is 0.837. The molecule has 0 saturated heterocycles. The van der Waals surface area contributed by atoms with Gasteiger partial charge in [-0.25, -0.2) is 0 Å². The summed E-state index contributed by atoms with van der Waals surface area (Å²) < 4.78 is 0. The van der Waals surface area contributed by atoms with E-state index < -0.39 is 0 Å². The van der Waals surface area contributed by atoms with Crippen molar-refractivity contribution in [3.8, 4) is 6.07 Å². The average Bonchev–Trinajstić information content (AvgIpc) is 2.54. The fraction of sp³-hybridized carbons (Fsp3) is 0.125. The summed E-state index contributed by atoms with van der Waals surface area (Å²) in [6.07, 6.45) is 2.01. The van der Waals surface area contributed by atoms with Crippen LogP contribution in [0, 0.1) is 11.3 Å². The van der Waals surface area contributed by atoms with Gasteiger partial charge in [0, 0.05) is 15.5 Å². The van der Waals surface area contributed by atoms with Crippen LogP contribution in [-0.4, -0.2) is 17.9 Å². The van der Waals surface area contributed by atoms with Gasteiger partial charge in [-0.3, -0.25) is 4.79 Å². The smallest absolute Gasteiger partial charge is 0.256 e. The molecule has 0 unspecified atom stereocenters. The molecule has 2 aromatic carbocycles.